The van der Waals surface area contributed by atoms with Crippen LogP contribution in [0.4, 0.5) is 0 Å². The van der Waals surface area contributed by atoms with Gasteiger partial charge in [0.05, 0.1) is 0 Å². The Kier molecular flexibility index (Phi) is 5.11. The van der Waals surface area contributed by atoms with Gasteiger partial charge in [0.1, 0.15) is 0 Å². The SMILES string of the molecule is CC(C)C(NCc1cncc(Br)c1)c1ccccc1. The Labute approximate surface area is 123 Å². The normalized spacial score (nSPS) is 12.6. The molecule has 1 N–H and O–H groups in total. The maximum Gasteiger partial charge on any atom is 0.0410 e. The van der Waals surface area contributed by atoms with Crippen LogP contribution in [0.25, 0.3) is 0 Å². The lowest BCUT2D eigenvalue weighted by Crippen LogP contribution is -2.25. The maximum absolute atomic E-state index is 4.19. The second-order valence-corrected chi connectivity index (χ2v) is 5.94. The Morgan fingerprint density at radius 3 is 2.53 bits per heavy atom. The van der Waals surface area contributed by atoms with Crippen molar-refractivity contribution in [3.8, 4) is 0 Å². The molecular formula is C16H19BrN2. The molecule has 0 radical (unpaired) electrons. The molecule has 0 aliphatic heterocycles. The molecule has 2 rings (SSSR count). The smallest absolute Gasteiger partial charge is 0.0410 e. The van der Waals surface area contributed by atoms with E-state index >= 15 is 0 Å². The highest BCUT2D eigenvalue weighted by molar-refractivity contribution is 9.10. The molecule has 1 aromatic heterocycles. The van der Waals surface area contributed by atoms with Gasteiger partial charge in [-0.05, 0) is 39.0 Å². The van der Waals surface area contributed by atoms with Crippen LogP contribution in [0.5, 0.6) is 0 Å². The second kappa shape index (κ2) is 6.83. The van der Waals surface area contributed by atoms with E-state index in [2.05, 4.69) is 76.5 Å². The molecular weight excluding hydrogens is 300 g/mol. The molecule has 2 aromatic rings. The highest BCUT2D eigenvalue weighted by atomic mass is 79.9. The minimum Gasteiger partial charge on any atom is -0.306 e. The van der Waals surface area contributed by atoms with Gasteiger partial charge in [0.2, 0.25) is 0 Å². The van der Waals surface area contributed by atoms with Gasteiger partial charge in [-0.1, -0.05) is 44.2 Å². The summed E-state index contributed by atoms with van der Waals surface area (Å²) in [6.45, 7) is 5.30. The van der Waals surface area contributed by atoms with Crippen LogP contribution in [0, 0.1) is 5.92 Å². The van der Waals surface area contributed by atoms with Crippen molar-refractivity contribution in [2.75, 3.05) is 0 Å². The van der Waals surface area contributed by atoms with Gasteiger partial charge in [-0.15, -0.1) is 0 Å². The van der Waals surface area contributed by atoms with Crippen LogP contribution in [0.15, 0.2) is 53.3 Å². The van der Waals surface area contributed by atoms with E-state index in [0.717, 1.165) is 11.0 Å². The highest BCUT2D eigenvalue weighted by Gasteiger charge is 2.14. The van der Waals surface area contributed by atoms with Gasteiger partial charge >= 0.3 is 0 Å². The zero-order valence-electron chi connectivity index (χ0n) is 11.3. The summed E-state index contributed by atoms with van der Waals surface area (Å²) in [4.78, 5) is 4.19. The number of aromatic nitrogens is 1. The van der Waals surface area contributed by atoms with E-state index in [-0.39, 0.29) is 0 Å². The molecule has 0 aliphatic rings. The molecule has 2 nitrogen and oxygen atoms in total. The lowest BCUT2D eigenvalue weighted by atomic mass is 9.96. The Bertz CT molecular complexity index is 511. The first-order valence-electron chi connectivity index (χ1n) is 6.54. The van der Waals surface area contributed by atoms with Crippen LogP contribution in [0.2, 0.25) is 0 Å². The summed E-state index contributed by atoms with van der Waals surface area (Å²) >= 11 is 3.45. The average molecular weight is 319 g/mol. The first-order valence-corrected chi connectivity index (χ1v) is 7.34. The van der Waals surface area contributed by atoms with Crippen molar-refractivity contribution in [3.63, 3.8) is 0 Å². The third-order valence-corrected chi connectivity index (χ3v) is 3.55. The zero-order valence-corrected chi connectivity index (χ0v) is 12.9. The van der Waals surface area contributed by atoms with E-state index in [1.54, 1.807) is 6.20 Å². The number of hydrogen-bond acceptors (Lipinski definition) is 2. The fraction of sp³-hybridized carbons (Fsp3) is 0.312. The monoisotopic (exact) mass is 318 g/mol. The first kappa shape index (κ1) is 14.2. The fourth-order valence-corrected chi connectivity index (χ4v) is 2.59. The summed E-state index contributed by atoms with van der Waals surface area (Å²) in [6, 6.07) is 13.1. The lowest BCUT2D eigenvalue weighted by molar-refractivity contribution is 0.410. The predicted molar refractivity (Wildman–Crippen MR) is 82.8 cm³/mol. The van der Waals surface area contributed by atoms with Crippen molar-refractivity contribution in [1.82, 2.24) is 10.3 Å². The molecule has 0 amide bonds. The number of rotatable bonds is 5. The molecule has 1 atom stereocenters. The van der Waals surface area contributed by atoms with E-state index in [4.69, 9.17) is 0 Å². The largest absolute Gasteiger partial charge is 0.306 e. The Morgan fingerprint density at radius 1 is 1.16 bits per heavy atom. The van der Waals surface area contributed by atoms with E-state index in [9.17, 15) is 0 Å². The van der Waals surface area contributed by atoms with Gasteiger partial charge in [-0.3, -0.25) is 4.98 Å². The number of halogens is 1. The summed E-state index contributed by atoms with van der Waals surface area (Å²) < 4.78 is 1.02. The van der Waals surface area contributed by atoms with Crippen LogP contribution >= 0.6 is 15.9 Å². The molecule has 1 unspecified atom stereocenters. The van der Waals surface area contributed by atoms with E-state index in [0.29, 0.717) is 12.0 Å². The zero-order chi connectivity index (χ0) is 13.7. The minimum absolute atomic E-state index is 0.361. The van der Waals surface area contributed by atoms with Gasteiger partial charge in [0.15, 0.2) is 0 Å². The Balaban J connectivity index is 2.06. The number of nitrogens with one attached hydrogen (secondary N) is 1. The van der Waals surface area contributed by atoms with Gasteiger partial charge in [0, 0.05) is 29.5 Å². The van der Waals surface area contributed by atoms with Crippen molar-refractivity contribution in [1.29, 1.82) is 0 Å². The van der Waals surface area contributed by atoms with E-state index in [1.165, 1.54) is 11.1 Å². The number of nitrogens with zero attached hydrogens (tertiary/aromatic N) is 1. The average Bonchev–Trinajstić information content (AvgIpc) is 2.40. The molecule has 3 heteroatoms. The summed E-state index contributed by atoms with van der Waals surface area (Å²) in [5.74, 6) is 0.544. The van der Waals surface area contributed by atoms with Crippen molar-refractivity contribution in [2.24, 2.45) is 5.92 Å². The molecule has 0 fully saturated rings. The lowest BCUT2D eigenvalue weighted by Gasteiger charge is -2.23. The summed E-state index contributed by atoms with van der Waals surface area (Å²) in [5.41, 5.74) is 2.52. The van der Waals surface area contributed by atoms with Crippen molar-refractivity contribution in [2.45, 2.75) is 26.4 Å². The minimum atomic E-state index is 0.361. The summed E-state index contributed by atoms with van der Waals surface area (Å²) in [5, 5.41) is 3.62. The molecule has 0 saturated heterocycles. The third kappa shape index (κ3) is 4.15. The molecule has 0 aliphatic carbocycles. The summed E-state index contributed by atoms with van der Waals surface area (Å²) in [7, 11) is 0. The molecule has 0 spiro atoms. The van der Waals surface area contributed by atoms with Crippen molar-refractivity contribution < 1.29 is 0 Å². The van der Waals surface area contributed by atoms with Gasteiger partial charge in [-0.25, -0.2) is 0 Å². The van der Waals surface area contributed by atoms with Gasteiger partial charge in [-0.2, -0.15) is 0 Å². The number of hydrogen-bond donors (Lipinski definition) is 1. The van der Waals surface area contributed by atoms with Crippen LogP contribution in [0.1, 0.15) is 31.0 Å². The standard InChI is InChI=1S/C16H19BrN2/c1-12(2)16(14-6-4-3-5-7-14)19-10-13-8-15(17)11-18-9-13/h3-9,11-12,16,19H,10H2,1-2H3. The molecule has 0 saturated carbocycles. The highest BCUT2D eigenvalue weighted by Crippen LogP contribution is 2.22. The number of pyridine rings is 1. The quantitative estimate of drug-likeness (QED) is 0.887. The fourth-order valence-electron chi connectivity index (χ4n) is 2.18. The molecule has 100 valence electrons. The topological polar surface area (TPSA) is 24.9 Å². The van der Waals surface area contributed by atoms with Crippen LogP contribution in [0.3, 0.4) is 0 Å². The Morgan fingerprint density at radius 2 is 1.89 bits per heavy atom. The molecule has 19 heavy (non-hydrogen) atoms. The second-order valence-electron chi connectivity index (χ2n) is 5.02. The van der Waals surface area contributed by atoms with Gasteiger partial charge in [0.25, 0.3) is 0 Å². The molecule has 0 bridgehead atoms. The number of benzene rings is 1. The maximum atomic E-state index is 4.19. The van der Waals surface area contributed by atoms with E-state index in [1.807, 2.05) is 6.20 Å². The molecule has 1 aromatic carbocycles. The van der Waals surface area contributed by atoms with Gasteiger partial charge < -0.3 is 5.32 Å². The first-order chi connectivity index (χ1) is 9.16. The van der Waals surface area contributed by atoms with E-state index < -0.39 is 0 Å². The van der Waals surface area contributed by atoms with Crippen molar-refractivity contribution >= 4 is 15.9 Å². The molecule has 1 heterocycles. The van der Waals surface area contributed by atoms with Crippen molar-refractivity contribution in [3.05, 3.63) is 64.4 Å². The third-order valence-electron chi connectivity index (χ3n) is 3.11. The van der Waals surface area contributed by atoms with Crippen LogP contribution in [-0.4, -0.2) is 4.98 Å². The summed E-state index contributed by atoms with van der Waals surface area (Å²) in [6.07, 6.45) is 3.71. The van der Waals surface area contributed by atoms with Crippen LogP contribution < -0.4 is 5.32 Å². The predicted octanol–water partition coefficient (Wildman–Crippen LogP) is 4.33. The van der Waals surface area contributed by atoms with Crippen LogP contribution in [-0.2, 0) is 6.54 Å². The Hall–Kier alpha value is -1.19.